The molecule has 4 heteroatoms. The summed E-state index contributed by atoms with van der Waals surface area (Å²) in [7, 11) is 0. The van der Waals surface area contributed by atoms with Crippen molar-refractivity contribution >= 4 is 0 Å². The van der Waals surface area contributed by atoms with Crippen LogP contribution in [0.5, 0.6) is 0 Å². The van der Waals surface area contributed by atoms with Crippen molar-refractivity contribution in [3.8, 4) is 11.3 Å². The zero-order valence-corrected chi connectivity index (χ0v) is 12.6. The van der Waals surface area contributed by atoms with Crippen molar-refractivity contribution < 1.29 is 5.11 Å². The fraction of sp³-hybridized carbons (Fsp3) is 0.263. The first-order valence-electron chi connectivity index (χ1n) is 8.06. The Morgan fingerprint density at radius 3 is 2.91 bits per heavy atom. The van der Waals surface area contributed by atoms with Crippen molar-refractivity contribution in [1.29, 1.82) is 0 Å². The number of benzene rings is 1. The maximum Gasteiger partial charge on any atom is 0.0956 e. The third kappa shape index (κ3) is 1.75. The molecule has 114 valence electrons. The molecule has 2 unspecified atom stereocenters. The highest BCUT2D eigenvalue weighted by Crippen LogP contribution is 2.49. The van der Waals surface area contributed by atoms with Gasteiger partial charge in [-0.1, -0.05) is 24.3 Å². The molecule has 0 spiro atoms. The zero-order chi connectivity index (χ0) is 15.4. The lowest BCUT2D eigenvalue weighted by Gasteiger charge is -2.35. The van der Waals surface area contributed by atoms with Crippen molar-refractivity contribution in [1.82, 2.24) is 14.5 Å². The molecule has 1 aromatic carbocycles. The average molecular weight is 303 g/mol. The van der Waals surface area contributed by atoms with Gasteiger partial charge in [0.05, 0.1) is 30.4 Å². The Morgan fingerprint density at radius 2 is 1.96 bits per heavy atom. The normalized spacial score (nSPS) is 24.8. The Hall–Kier alpha value is -2.46. The van der Waals surface area contributed by atoms with Gasteiger partial charge >= 0.3 is 0 Å². The predicted molar refractivity (Wildman–Crippen MR) is 86.8 cm³/mol. The topological polar surface area (TPSA) is 50.9 Å². The molecule has 0 bridgehead atoms. The molecule has 1 aliphatic heterocycles. The highest BCUT2D eigenvalue weighted by molar-refractivity contribution is 5.69. The molecule has 2 aliphatic rings. The van der Waals surface area contributed by atoms with Crippen LogP contribution < -0.4 is 0 Å². The lowest BCUT2D eigenvalue weighted by Crippen LogP contribution is -2.28. The van der Waals surface area contributed by atoms with Crippen molar-refractivity contribution in [3.63, 3.8) is 0 Å². The van der Waals surface area contributed by atoms with E-state index in [0.29, 0.717) is 0 Å². The van der Waals surface area contributed by atoms with Crippen LogP contribution in [-0.2, 0) is 6.42 Å². The lowest BCUT2D eigenvalue weighted by atomic mass is 9.76. The quantitative estimate of drug-likeness (QED) is 0.751. The molecule has 4 nitrogen and oxygen atoms in total. The molecule has 23 heavy (non-hydrogen) atoms. The Balaban J connectivity index is 1.64. The summed E-state index contributed by atoms with van der Waals surface area (Å²) < 4.78 is 2.22. The number of rotatable bonds is 1. The summed E-state index contributed by atoms with van der Waals surface area (Å²) in [5, 5.41) is 11.0. The second kappa shape index (κ2) is 4.77. The molecule has 0 fully saturated rings. The van der Waals surface area contributed by atoms with E-state index in [4.69, 9.17) is 0 Å². The summed E-state index contributed by atoms with van der Waals surface area (Å²) in [5.74, 6) is 0.142. The smallest absolute Gasteiger partial charge is 0.0956 e. The van der Waals surface area contributed by atoms with Gasteiger partial charge in [0, 0.05) is 29.4 Å². The molecule has 3 heterocycles. The largest absolute Gasteiger partial charge is 0.388 e. The van der Waals surface area contributed by atoms with Crippen molar-refractivity contribution in [2.75, 3.05) is 0 Å². The number of imidazole rings is 1. The number of hydrogen-bond acceptors (Lipinski definition) is 3. The van der Waals surface area contributed by atoms with Gasteiger partial charge < -0.3 is 9.67 Å². The van der Waals surface area contributed by atoms with Gasteiger partial charge in [-0.15, -0.1) is 0 Å². The van der Waals surface area contributed by atoms with E-state index in [9.17, 15) is 5.11 Å². The van der Waals surface area contributed by atoms with E-state index in [1.807, 2.05) is 31.0 Å². The van der Waals surface area contributed by atoms with Crippen LogP contribution in [0.15, 0.2) is 55.2 Å². The molecule has 0 radical (unpaired) electrons. The SMILES string of the molecule is OC1c2cnccc2CCC1[C@H]1c2ccccc2-c2cncn21. The molecule has 1 N–H and O–H groups in total. The summed E-state index contributed by atoms with van der Waals surface area (Å²) in [5.41, 5.74) is 5.88. The molecule has 0 saturated heterocycles. The minimum atomic E-state index is -0.487. The number of aryl methyl sites for hydroxylation is 1. The molecule has 2 aromatic heterocycles. The fourth-order valence-electron chi connectivity index (χ4n) is 4.28. The third-order valence-corrected chi connectivity index (χ3v) is 5.34. The predicted octanol–water partition coefficient (Wildman–Crippen LogP) is 3.14. The van der Waals surface area contributed by atoms with E-state index < -0.39 is 6.10 Å². The Bertz CT molecular complexity index is 886. The minimum absolute atomic E-state index is 0.142. The fourth-order valence-corrected chi connectivity index (χ4v) is 4.28. The number of hydrogen-bond donors (Lipinski definition) is 1. The summed E-state index contributed by atoms with van der Waals surface area (Å²) in [6.45, 7) is 0. The van der Waals surface area contributed by atoms with Crippen molar-refractivity contribution in [2.24, 2.45) is 5.92 Å². The molecule has 3 aromatic rings. The molecule has 0 amide bonds. The Morgan fingerprint density at radius 1 is 1.04 bits per heavy atom. The second-order valence-electron chi connectivity index (χ2n) is 6.44. The van der Waals surface area contributed by atoms with Gasteiger partial charge in [-0.05, 0) is 30.0 Å². The molecule has 5 rings (SSSR count). The zero-order valence-electron chi connectivity index (χ0n) is 12.6. The first-order valence-corrected chi connectivity index (χ1v) is 8.06. The number of aliphatic hydroxyl groups excluding tert-OH is 1. The van der Waals surface area contributed by atoms with Gasteiger partial charge in [-0.2, -0.15) is 0 Å². The van der Waals surface area contributed by atoms with E-state index in [2.05, 4.69) is 38.8 Å². The first kappa shape index (κ1) is 13.0. The summed E-state index contributed by atoms with van der Waals surface area (Å²) in [6, 6.07) is 10.6. The van der Waals surface area contributed by atoms with Gasteiger partial charge in [0.15, 0.2) is 0 Å². The van der Waals surface area contributed by atoms with Crippen LogP contribution in [0.3, 0.4) is 0 Å². The van der Waals surface area contributed by atoms with Crippen LogP contribution >= 0.6 is 0 Å². The van der Waals surface area contributed by atoms with Crippen LogP contribution in [0.25, 0.3) is 11.3 Å². The monoisotopic (exact) mass is 303 g/mol. The first-order chi connectivity index (χ1) is 11.3. The van der Waals surface area contributed by atoms with Gasteiger partial charge in [0.2, 0.25) is 0 Å². The minimum Gasteiger partial charge on any atom is -0.388 e. The molecule has 0 saturated carbocycles. The van der Waals surface area contributed by atoms with E-state index in [-0.39, 0.29) is 12.0 Å². The summed E-state index contributed by atoms with van der Waals surface area (Å²) in [4.78, 5) is 8.54. The van der Waals surface area contributed by atoms with Crippen LogP contribution in [0.2, 0.25) is 0 Å². The number of fused-ring (bicyclic) bond motifs is 4. The number of aromatic nitrogens is 3. The third-order valence-electron chi connectivity index (χ3n) is 5.34. The van der Waals surface area contributed by atoms with Gasteiger partial charge in [0.25, 0.3) is 0 Å². The highest BCUT2D eigenvalue weighted by Gasteiger charge is 2.40. The van der Waals surface area contributed by atoms with Crippen LogP contribution in [0.4, 0.5) is 0 Å². The molecular weight excluding hydrogens is 286 g/mol. The Kier molecular flexibility index (Phi) is 2.70. The summed E-state index contributed by atoms with van der Waals surface area (Å²) in [6.07, 6.45) is 8.91. The van der Waals surface area contributed by atoms with E-state index >= 15 is 0 Å². The Labute approximate surface area is 134 Å². The van der Waals surface area contributed by atoms with Crippen LogP contribution in [0.1, 0.15) is 35.3 Å². The maximum absolute atomic E-state index is 11.0. The van der Waals surface area contributed by atoms with Gasteiger partial charge in [-0.3, -0.25) is 4.98 Å². The van der Waals surface area contributed by atoms with E-state index in [0.717, 1.165) is 24.1 Å². The van der Waals surface area contributed by atoms with Gasteiger partial charge in [-0.25, -0.2) is 4.98 Å². The molecule has 1 aliphatic carbocycles. The van der Waals surface area contributed by atoms with Crippen molar-refractivity contribution in [3.05, 3.63) is 71.9 Å². The standard InChI is InChI=1S/C19H17N3O/c23-19-15(6-5-12-7-8-20-9-16(12)19)18-14-4-2-1-3-13(14)17-10-21-11-22(17)18/h1-4,7-11,15,18-19,23H,5-6H2/t15?,18-,19?/m1/s1. The molecular formula is C19H17N3O. The lowest BCUT2D eigenvalue weighted by molar-refractivity contribution is 0.0717. The molecule has 3 atom stereocenters. The number of pyridine rings is 1. The van der Waals surface area contributed by atoms with Crippen molar-refractivity contribution in [2.45, 2.75) is 25.0 Å². The van der Waals surface area contributed by atoms with Crippen LogP contribution in [0, 0.1) is 5.92 Å². The maximum atomic E-state index is 11.0. The second-order valence-corrected chi connectivity index (χ2v) is 6.44. The summed E-state index contributed by atoms with van der Waals surface area (Å²) >= 11 is 0. The van der Waals surface area contributed by atoms with E-state index in [1.165, 1.54) is 16.7 Å². The highest BCUT2D eigenvalue weighted by atomic mass is 16.3. The van der Waals surface area contributed by atoms with E-state index in [1.54, 1.807) is 0 Å². The number of nitrogens with zero attached hydrogens (tertiary/aromatic N) is 3. The number of aliphatic hydroxyl groups is 1. The van der Waals surface area contributed by atoms with Gasteiger partial charge in [0.1, 0.15) is 0 Å². The average Bonchev–Trinajstić information content (AvgIpc) is 3.17. The van der Waals surface area contributed by atoms with Crippen LogP contribution in [-0.4, -0.2) is 19.6 Å².